The number of aryl methyl sites for hydroxylation is 2. The molecule has 2 aromatic rings. The summed E-state index contributed by atoms with van der Waals surface area (Å²) < 4.78 is 1.59. The average Bonchev–Trinajstić information content (AvgIpc) is 2.78. The lowest BCUT2D eigenvalue weighted by atomic mass is 10.1. The second kappa shape index (κ2) is 5.51. The molecule has 0 aliphatic carbocycles. The van der Waals surface area contributed by atoms with Gasteiger partial charge in [0.25, 0.3) is 5.91 Å². The molecule has 0 aromatic carbocycles. The molecule has 1 amide bonds. The number of anilines is 1. The summed E-state index contributed by atoms with van der Waals surface area (Å²) in [6.07, 6.45) is 4.97. The minimum Gasteiger partial charge on any atom is -0.396 e. The molecule has 0 unspecified atom stereocenters. The third-order valence-corrected chi connectivity index (χ3v) is 2.96. The normalized spacial score (nSPS) is 10.4. The topological polar surface area (TPSA) is 85.8 Å². The highest BCUT2D eigenvalue weighted by molar-refractivity contribution is 5.97. The summed E-state index contributed by atoms with van der Waals surface area (Å²) in [7, 11) is 0. The molecule has 2 rings (SSSR count). The van der Waals surface area contributed by atoms with Crippen molar-refractivity contribution in [2.45, 2.75) is 26.9 Å². The van der Waals surface area contributed by atoms with Gasteiger partial charge in [0.05, 0.1) is 11.9 Å². The van der Waals surface area contributed by atoms with Crippen LogP contribution in [-0.4, -0.2) is 20.7 Å². The SMILES string of the molecule is CCn1ncc(N)c1C(=O)NCc1ccncc1C. The first-order valence-electron chi connectivity index (χ1n) is 6.12. The molecule has 0 aliphatic heterocycles. The van der Waals surface area contributed by atoms with E-state index in [1.54, 1.807) is 17.1 Å². The van der Waals surface area contributed by atoms with Gasteiger partial charge >= 0.3 is 0 Å². The maximum atomic E-state index is 12.1. The summed E-state index contributed by atoms with van der Waals surface area (Å²) in [5, 5.41) is 6.90. The number of hydrogen-bond donors (Lipinski definition) is 2. The van der Waals surface area contributed by atoms with Crippen LogP contribution in [0.15, 0.2) is 24.7 Å². The third-order valence-electron chi connectivity index (χ3n) is 2.96. The molecule has 19 heavy (non-hydrogen) atoms. The lowest BCUT2D eigenvalue weighted by molar-refractivity contribution is 0.0941. The predicted octanol–water partition coefficient (Wildman–Crippen LogP) is 1.12. The Kier molecular flexibility index (Phi) is 3.79. The number of nitrogens with one attached hydrogen (secondary N) is 1. The number of pyridine rings is 1. The summed E-state index contributed by atoms with van der Waals surface area (Å²) in [6, 6.07) is 1.89. The van der Waals surface area contributed by atoms with Gasteiger partial charge in [0.1, 0.15) is 5.69 Å². The molecule has 0 spiro atoms. The Hall–Kier alpha value is -2.37. The molecule has 0 aliphatic rings. The van der Waals surface area contributed by atoms with Gasteiger partial charge in [0.15, 0.2) is 0 Å². The Morgan fingerprint density at radius 1 is 1.47 bits per heavy atom. The zero-order chi connectivity index (χ0) is 13.8. The minimum absolute atomic E-state index is 0.215. The smallest absolute Gasteiger partial charge is 0.271 e. The average molecular weight is 259 g/mol. The Morgan fingerprint density at radius 2 is 2.26 bits per heavy atom. The van der Waals surface area contributed by atoms with Crippen LogP contribution in [0.25, 0.3) is 0 Å². The summed E-state index contributed by atoms with van der Waals surface area (Å²) in [6.45, 7) is 4.92. The minimum atomic E-state index is -0.215. The maximum absolute atomic E-state index is 12.1. The van der Waals surface area contributed by atoms with E-state index in [2.05, 4.69) is 15.4 Å². The van der Waals surface area contributed by atoms with E-state index in [1.807, 2.05) is 19.9 Å². The Labute approximate surface area is 111 Å². The van der Waals surface area contributed by atoms with Crippen molar-refractivity contribution in [1.82, 2.24) is 20.1 Å². The molecule has 0 bridgehead atoms. The standard InChI is InChI=1S/C13H17N5O/c1-3-18-12(11(14)8-17-18)13(19)16-7-10-4-5-15-6-9(10)2/h4-6,8H,3,7,14H2,1-2H3,(H,16,19). The van der Waals surface area contributed by atoms with Crippen molar-refractivity contribution in [3.8, 4) is 0 Å². The molecular weight excluding hydrogens is 242 g/mol. The zero-order valence-electron chi connectivity index (χ0n) is 11.1. The van der Waals surface area contributed by atoms with Crippen LogP contribution in [0, 0.1) is 6.92 Å². The summed E-state index contributed by atoms with van der Waals surface area (Å²) in [5.41, 5.74) is 8.64. The Morgan fingerprint density at radius 3 is 2.95 bits per heavy atom. The molecule has 0 fully saturated rings. The van der Waals surface area contributed by atoms with Gasteiger partial charge in [-0.15, -0.1) is 0 Å². The Balaban J connectivity index is 2.10. The second-order valence-electron chi connectivity index (χ2n) is 4.25. The number of nitrogens with zero attached hydrogens (tertiary/aromatic N) is 3. The molecule has 100 valence electrons. The summed E-state index contributed by atoms with van der Waals surface area (Å²) in [5.74, 6) is -0.215. The first kappa shape index (κ1) is 13.1. The maximum Gasteiger partial charge on any atom is 0.271 e. The van der Waals surface area contributed by atoms with E-state index < -0.39 is 0 Å². The van der Waals surface area contributed by atoms with Crippen molar-refractivity contribution in [1.29, 1.82) is 0 Å². The third kappa shape index (κ3) is 2.73. The molecule has 2 aromatic heterocycles. The van der Waals surface area contributed by atoms with Crippen LogP contribution in [0.4, 0.5) is 5.69 Å². The second-order valence-corrected chi connectivity index (χ2v) is 4.25. The van der Waals surface area contributed by atoms with Crippen LogP contribution >= 0.6 is 0 Å². The van der Waals surface area contributed by atoms with Crippen LogP contribution in [0.1, 0.15) is 28.5 Å². The number of carbonyl (C=O) groups excluding carboxylic acids is 1. The van der Waals surface area contributed by atoms with Crippen molar-refractivity contribution in [3.63, 3.8) is 0 Å². The number of nitrogen functional groups attached to an aromatic ring is 1. The highest BCUT2D eigenvalue weighted by Crippen LogP contribution is 2.11. The van der Waals surface area contributed by atoms with Crippen molar-refractivity contribution in [3.05, 3.63) is 41.5 Å². The van der Waals surface area contributed by atoms with Crippen LogP contribution in [0.5, 0.6) is 0 Å². The molecule has 6 heteroatoms. The van der Waals surface area contributed by atoms with Gasteiger partial charge in [-0.25, -0.2) is 0 Å². The number of carbonyl (C=O) groups is 1. The van der Waals surface area contributed by atoms with Gasteiger partial charge in [-0.05, 0) is 31.0 Å². The van der Waals surface area contributed by atoms with Gasteiger partial charge in [-0.3, -0.25) is 14.5 Å². The lowest BCUT2D eigenvalue weighted by Gasteiger charge is -2.09. The van der Waals surface area contributed by atoms with Crippen LogP contribution in [0.3, 0.4) is 0 Å². The zero-order valence-corrected chi connectivity index (χ0v) is 11.1. The van der Waals surface area contributed by atoms with E-state index in [1.165, 1.54) is 6.20 Å². The Bertz CT molecular complexity index is 590. The molecule has 6 nitrogen and oxygen atoms in total. The molecular formula is C13H17N5O. The van der Waals surface area contributed by atoms with Gasteiger partial charge in [-0.2, -0.15) is 5.10 Å². The fourth-order valence-corrected chi connectivity index (χ4v) is 1.85. The fourth-order valence-electron chi connectivity index (χ4n) is 1.85. The number of aromatic nitrogens is 3. The van der Waals surface area contributed by atoms with E-state index in [9.17, 15) is 4.79 Å². The molecule has 2 heterocycles. The summed E-state index contributed by atoms with van der Waals surface area (Å²) >= 11 is 0. The highest BCUT2D eigenvalue weighted by Gasteiger charge is 2.15. The molecule has 0 radical (unpaired) electrons. The van der Waals surface area contributed by atoms with Crippen molar-refractivity contribution in [2.75, 3.05) is 5.73 Å². The first-order chi connectivity index (χ1) is 9.13. The monoisotopic (exact) mass is 259 g/mol. The van der Waals surface area contributed by atoms with E-state index >= 15 is 0 Å². The van der Waals surface area contributed by atoms with E-state index in [0.717, 1.165) is 11.1 Å². The number of hydrogen-bond acceptors (Lipinski definition) is 4. The number of amides is 1. The molecule has 0 saturated heterocycles. The van der Waals surface area contributed by atoms with Gasteiger partial charge in [-0.1, -0.05) is 0 Å². The van der Waals surface area contributed by atoms with Crippen LogP contribution in [-0.2, 0) is 13.1 Å². The predicted molar refractivity (Wildman–Crippen MR) is 72.5 cm³/mol. The summed E-state index contributed by atoms with van der Waals surface area (Å²) in [4.78, 5) is 16.1. The lowest BCUT2D eigenvalue weighted by Crippen LogP contribution is -2.26. The first-order valence-corrected chi connectivity index (χ1v) is 6.12. The van der Waals surface area contributed by atoms with E-state index in [4.69, 9.17) is 5.73 Å². The van der Waals surface area contributed by atoms with Crippen LogP contribution in [0.2, 0.25) is 0 Å². The molecule has 0 atom stereocenters. The number of nitrogens with two attached hydrogens (primary N) is 1. The largest absolute Gasteiger partial charge is 0.396 e. The quantitative estimate of drug-likeness (QED) is 0.861. The van der Waals surface area contributed by atoms with Crippen molar-refractivity contribution >= 4 is 11.6 Å². The van der Waals surface area contributed by atoms with Gasteiger partial charge in [0, 0.05) is 25.5 Å². The molecule has 3 N–H and O–H groups in total. The fraction of sp³-hybridized carbons (Fsp3) is 0.308. The van der Waals surface area contributed by atoms with E-state index in [-0.39, 0.29) is 5.91 Å². The van der Waals surface area contributed by atoms with Crippen molar-refractivity contribution < 1.29 is 4.79 Å². The number of rotatable bonds is 4. The van der Waals surface area contributed by atoms with Crippen LogP contribution < -0.4 is 11.1 Å². The molecule has 0 saturated carbocycles. The van der Waals surface area contributed by atoms with Crippen molar-refractivity contribution in [2.24, 2.45) is 0 Å². The van der Waals surface area contributed by atoms with Gasteiger partial charge in [0.2, 0.25) is 0 Å². The van der Waals surface area contributed by atoms with Gasteiger partial charge < -0.3 is 11.1 Å². The van der Waals surface area contributed by atoms with E-state index in [0.29, 0.717) is 24.5 Å². The highest BCUT2D eigenvalue weighted by atomic mass is 16.2.